The van der Waals surface area contributed by atoms with Gasteiger partial charge in [-0.1, -0.05) is 6.07 Å². The molecule has 8 heteroatoms. The van der Waals surface area contributed by atoms with Gasteiger partial charge in [0.15, 0.2) is 0 Å². The number of hydrogen-bond donors (Lipinski definition) is 0. The third-order valence-corrected chi connectivity index (χ3v) is 5.69. The van der Waals surface area contributed by atoms with Gasteiger partial charge in [-0.2, -0.15) is 0 Å². The van der Waals surface area contributed by atoms with Crippen LogP contribution in [0.25, 0.3) is 0 Å². The van der Waals surface area contributed by atoms with Crippen LogP contribution < -0.4 is 4.74 Å². The summed E-state index contributed by atoms with van der Waals surface area (Å²) >= 11 is 0. The Morgan fingerprint density at radius 2 is 1.87 bits per heavy atom. The molecule has 1 unspecified atom stereocenters. The van der Waals surface area contributed by atoms with Crippen LogP contribution in [0.5, 0.6) is 5.75 Å². The number of amides is 3. The molecule has 8 nitrogen and oxygen atoms in total. The van der Waals surface area contributed by atoms with Crippen molar-refractivity contribution in [2.75, 3.05) is 39.8 Å². The third kappa shape index (κ3) is 4.17. The average Bonchev–Trinajstić information content (AvgIpc) is 3.43. The van der Waals surface area contributed by atoms with Crippen LogP contribution in [-0.4, -0.2) is 72.3 Å². The number of furan rings is 1. The molecule has 30 heavy (non-hydrogen) atoms. The Bertz CT molecular complexity index is 919. The van der Waals surface area contributed by atoms with E-state index in [1.54, 1.807) is 58.4 Å². The first-order valence-electron chi connectivity index (χ1n) is 10.1. The fourth-order valence-electron chi connectivity index (χ4n) is 4.01. The highest BCUT2D eigenvalue weighted by molar-refractivity contribution is 5.95. The van der Waals surface area contributed by atoms with E-state index < -0.39 is 0 Å². The number of rotatable bonds is 5. The molecule has 3 amide bonds. The summed E-state index contributed by atoms with van der Waals surface area (Å²) in [6, 6.07) is 10.7. The van der Waals surface area contributed by atoms with Crippen molar-refractivity contribution >= 4 is 17.7 Å². The van der Waals surface area contributed by atoms with Crippen LogP contribution in [0.3, 0.4) is 0 Å². The lowest BCUT2D eigenvalue weighted by atomic mass is 10.1. The number of nitrogens with zero attached hydrogens (tertiary/aromatic N) is 3. The highest BCUT2D eigenvalue weighted by Crippen LogP contribution is 2.23. The normalized spacial score (nSPS) is 19.3. The van der Waals surface area contributed by atoms with Gasteiger partial charge in [-0.15, -0.1) is 0 Å². The fraction of sp³-hybridized carbons (Fsp3) is 0.409. The SMILES string of the molecule is COc1cccc(C(=O)N2CCN(C(=O)C3CC(=O)N(Cc4ccco4)C3)CC2)c1. The van der Waals surface area contributed by atoms with Crippen LogP contribution in [0.15, 0.2) is 47.1 Å². The molecule has 2 aliphatic heterocycles. The summed E-state index contributed by atoms with van der Waals surface area (Å²) in [5.41, 5.74) is 0.573. The highest BCUT2D eigenvalue weighted by atomic mass is 16.5. The number of ether oxygens (including phenoxy) is 1. The molecule has 2 fully saturated rings. The van der Waals surface area contributed by atoms with E-state index in [0.717, 1.165) is 0 Å². The predicted molar refractivity (Wildman–Crippen MR) is 108 cm³/mol. The molecule has 2 saturated heterocycles. The summed E-state index contributed by atoms with van der Waals surface area (Å²) in [4.78, 5) is 43.2. The van der Waals surface area contributed by atoms with Gasteiger partial charge in [-0.3, -0.25) is 14.4 Å². The smallest absolute Gasteiger partial charge is 0.254 e. The Labute approximate surface area is 175 Å². The minimum Gasteiger partial charge on any atom is -0.497 e. The van der Waals surface area contributed by atoms with Gasteiger partial charge in [0.1, 0.15) is 11.5 Å². The Morgan fingerprint density at radius 3 is 2.57 bits per heavy atom. The van der Waals surface area contributed by atoms with Gasteiger partial charge in [-0.25, -0.2) is 0 Å². The van der Waals surface area contributed by atoms with Crippen LogP contribution in [0.2, 0.25) is 0 Å². The second-order valence-electron chi connectivity index (χ2n) is 7.60. The molecule has 0 spiro atoms. The standard InChI is InChI=1S/C22H25N3O5/c1-29-18-5-2-4-16(12-18)21(27)23-7-9-24(10-8-23)22(28)17-13-20(26)25(14-17)15-19-6-3-11-30-19/h2-6,11-12,17H,7-10,13-15H2,1H3. The zero-order valence-electron chi connectivity index (χ0n) is 17.0. The average molecular weight is 411 g/mol. The number of piperazine rings is 1. The molecule has 158 valence electrons. The molecule has 3 heterocycles. The lowest BCUT2D eigenvalue weighted by Crippen LogP contribution is -2.52. The van der Waals surface area contributed by atoms with E-state index in [9.17, 15) is 14.4 Å². The third-order valence-electron chi connectivity index (χ3n) is 5.69. The van der Waals surface area contributed by atoms with Crippen molar-refractivity contribution in [2.24, 2.45) is 5.92 Å². The molecule has 4 rings (SSSR count). The van der Waals surface area contributed by atoms with E-state index in [-0.39, 0.29) is 30.1 Å². The minimum absolute atomic E-state index is 0.0150. The topological polar surface area (TPSA) is 83.3 Å². The van der Waals surface area contributed by atoms with Crippen molar-refractivity contribution < 1.29 is 23.5 Å². The van der Waals surface area contributed by atoms with Crippen molar-refractivity contribution in [1.82, 2.24) is 14.7 Å². The number of benzene rings is 1. The maximum absolute atomic E-state index is 12.9. The van der Waals surface area contributed by atoms with Gasteiger partial charge >= 0.3 is 0 Å². The first-order chi connectivity index (χ1) is 14.5. The monoisotopic (exact) mass is 411 g/mol. The molecule has 2 aromatic rings. The summed E-state index contributed by atoms with van der Waals surface area (Å²) in [5, 5.41) is 0. The van der Waals surface area contributed by atoms with Gasteiger partial charge in [0, 0.05) is 44.7 Å². The summed E-state index contributed by atoms with van der Waals surface area (Å²) in [6.07, 6.45) is 1.80. The molecule has 0 aliphatic carbocycles. The van der Waals surface area contributed by atoms with Crippen LogP contribution in [0, 0.1) is 5.92 Å². The van der Waals surface area contributed by atoms with Gasteiger partial charge in [-0.05, 0) is 30.3 Å². The first-order valence-corrected chi connectivity index (χ1v) is 10.1. The van der Waals surface area contributed by atoms with E-state index in [1.807, 2.05) is 6.07 Å². The molecule has 2 aliphatic rings. The largest absolute Gasteiger partial charge is 0.497 e. The van der Waals surface area contributed by atoms with Crippen molar-refractivity contribution in [3.05, 3.63) is 54.0 Å². The second-order valence-corrected chi connectivity index (χ2v) is 7.60. The van der Waals surface area contributed by atoms with Crippen molar-refractivity contribution in [3.8, 4) is 5.75 Å². The van der Waals surface area contributed by atoms with Gasteiger partial charge < -0.3 is 23.9 Å². The number of hydrogen-bond acceptors (Lipinski definition) is 5. The first kappa shape index (κ1) is 20.0. The van der Waals surface area contributed by atoms with Crippen molar-refractivity contribution in [1.29, 1.82) is 0 Å². The summed E-state index contributed by atoms with van der Waals surface area (Å²) in [7, 11) is 1.57. The number of carbonyl (C=O) groups excluding carboxylic acids is 3. The molecule has 1 aromatic carbocycles. The fourth-order valence-corrected chi connectivity index (χ4v) is 4.01. The minimum atomic E-state index is -0.340. The van der Waals surface area contributed by atoms with Crippen molar-refractivity contribution in [3.63, 3.8) is 0 Å². The van der Waals surface area contributed by atoms with Crippen LogP contribution in [0.4, 0.5) is 0 Å². The molecule has 1 atom stereocenters. The van der Waals surface area contributed by atoms with E-state index >= 15 is 0 Å². The van der Waals surface area contributed by atoms with Crippen LogP contribution >= 0.6 is 0 Å². The summed E-state index contributed by atoms with van der Waals surface area (Å²) in [6.45, 7) is 2.67. The van der Waals surface area contributed by atoms with E-state index in [4.69, 9.17) is 9.15 Å². The quantitative estimate of drug-likeness (QED) is 0.747. The molecule has 0 saturated carbocycles. The Kier molecular flexibility index (Phi) is 5.74. The summed E-state index contributed by atoms with van der Waals surface area (Å²) in [5.74, 6) is 0.894. The van der Waals surface area contributed by atoms with E-state index in [2.05, 4.69) is 0 Å². The number of carbonyl (C=O) groups is 3. The predicted octanol–water partition coefficient (Wildman–Crippen LogP) is 1.62. The molecule has 0 bridgehead atoms. The zero-order chi connectivity index (χ0) is 21.1. The van der Waals surface area contributed by atoms with Gasteiger partial charge in [0.05, 0.1) is 25.8 Å². The Morgan fingerprint density at radius 1 is 1.10 bits per heavy atom. The molecule has 1 aromatic heterocycles. The number of methoxy groups -OCH3 is 1. The molecular formula is C22H25N3O5. The van der Waals surface area contributed by atoms with E-state index in [0.29, 0.717) is 56.3 Å². The maximum Gasteiger partial charge on any atom is 0.254 e. The van der Waals surface area contributed by atoms with Gasteiger partial charge in [0.2, 0.25) is 11.8 Å². The zero-order valence-corrected chi connectivity index (χ0v) is 17.0. The molecular weight excluding hydrogens is 386 g/mol. The molecule has 0 N–H and O–H groups in total. The Hall–Kier alpha value is -3.29. The lowest BCUT2D eigenvalue weighted by Gasteiger charge is -2.36. The molecule has 0 radical (unpaired) electrons. The second kappa shape index (κ2) is 8.61. The van der Waals surface area contributed by atoms with E-state index in [1.165, 1.54) is 0 Å². The summed E-state index contributed by atoms with van der Waals surface area (Å²) < 4.78 is 10.5. The highest BCUT2D eigenvalue weighted by Gasteiger charge is 2.37. The van der Waals surface area contributed by atoms with Gasteiger partial charge in [0.25, 0.3) is 5.91 Å². The lowest BCUT2D eigenvalue weighted by molar-refractivity contribution is -0.137. The number of likely N-dealkylation sites (tertiary alicyclic amines) is 1. The van der Waals surface area contributed by atoms with Crippen molar-refractivity contribution in [2.45, 2.75) is 13.0 Å². The van der Waals surface area contributed by atoms with Crippen LogP contribution in [0.1, 0.15) is 22.5 Å². The van der Waals surface area contributed by atoms with Crippen LogP contribution in [-0.2, 0) is 16.1 Å². The Balaban J connectivity index is 1.31. The maximum atomic E-state index is 12.9.